The number of rotatable bonds is 6. The van der Waals surface area contributed by atoms with Crippen molar-refractivity contribution in [1.29, 1.82) is 0 Å². The fourth-order valence-electron chi connectivity index (χ4n) is 1.26. The summed E-state index contributed by atoms with van der Waals surface area (Å²) in [7, 11) is 0. The van der Waals surface area contributed by atoms with Crippen LogP contribution in [0.25, 0.3) is 0 Å². The molecule has 1 aromatic rings. The minimum atomic E-state index is 0.667. The van der Waals surface area contributed by atoms with Gasteiger partial charge in [-0.3, -0.25) is 0 Å². The summed E-state index contributed by atoms with van der Waals surface area (Å²) in [5.41, 5.74) is 0. The van der Waals surface area contributed by atoms with Crippen molar-refractivity contribution >= 4 is 0 Å². The number of hydrogen-bond acceptors (Lipinski definition) is 3. The third-order valence-corrected chi connectivity index (χ3v) is 2.05. The molecule has 0 aromatic carbocycles. The molecule has 0 aliphatic carbocycles. The molecule has 0 amide bonds. The molecule has 0 saturated heterocycles. The topological polar surface area (TPSA) is 43.6 Å². The van der Waals surface area contributed by atoms with Gasteiger partial charge in [-0.25, -0.2) is 4.68 Å². The molecule has 0 aliphatic rings. The molecule has 0 saturated carbocycles. The molecule has 0 fully saturated rings. The van der Waals surface area contributed by atoms with E-state index < -0.39 is 0 Å². The van der Waals surface area contributed by atoms with Gasteiger partial charge in [0.05, 0.1) is 0 Å². The summed E-state index contributed by atoms with van der Waals surface area (Å²) in [6, 6.07) is 0. The second-order valence-electron chi connectivity index (χ2n) is 3.13. The molecule has 0 unspecified atom stereocenters. The van der Waals surface area contributed by atoms with E-state index in [-0.39, 0.29) is 0 Å². The minimum Gasteiger partial charge on any atom is -0.230 e. The smallest absolute Gasteiger partial charge is 0.151 e. The summed E-state index contributed by atoms with van der Waals surface area (Å²) in [6.07, 6.45) is 5.64. The monoisotopic (exact) mass is 181 g/mol. The first-order valence-electron chi connectivity index (χ1n) is 4.92. The van der Waals surface area contributed by atoms with Gasteiger partial charge in [-0.15, -0.1) is 5.10 Å². The van der Waals surface area contributed by atoms with Crippen molar-refractivity contribution in [3.8, 4) is 0 Å². The van der Waals surface area contributed by atoms with Crippen molar-refractivity contribution in [3.05, 3.63) is 12.7 Å². The second kappa shape index (κ2) is 5.67. The van der Waals surface area contributed by atoms with Crippen molar-refractivity contribution in [3.63, 3.8) is 0 Å². The van der Waals surface area contributed by atoms with Crippen molar-refractivity contribution < 1.29 is 0 Å². The summed E-state index contributed by atoms with van der Waals surface area (Å²) in [5.74, 6) is 0.886. The van der Waals surface area contributed by atoms with Crippen LogP contribution in [0.3, 0.4) is 0 Å². The molecule has 4 heteroatoms. The lowest BCUT2D eigenvalue weighted by atomic mass is 10.2. The lowest BCUT2D eigenvalue weighted by Gasteiger charge is -2.01. The Labute approximate surface area is 79.3 Å². The zero-order chi connectivity index (χ0) is 9.52. The predicted octanol–water partition coefficient (Wildman–Crippen LogP) is 1.63. The van der Waals surface area contributed by atoms with Gasteiger partial charge in [0.15, 0.2) is 5.82 Å². The molecule has 1 aromatic heterocycles. The molecular weight excluding hydrogens is 164 g/mol. The van der Waals surface area contributed by atoms with E-state index in [4.69, 9.17) is 0 Å². The van der Waals surface area contributed by atoms with E-state index in [1.165, 1.54) is 19.3 Å². The highest BCUT2D eigenvalue weighted by molar-refractivity contribution is 4.81. The maximum Gasteiger partial charge on any atom is 0.151 e. The molecule has 1 rings (SSSR count). The van der Waals surface area contributed by atoms with Crippen LogP contribution in [-0.2, 0) is 13.0 Å². The first kappa shape index (κ1) is 10.2. The molecule has 0 atom stereocenters. The van der Waals surface area contributed by atoms with E-state index in [9.17, 15) is 0 Å². The minimum absolute atomic E-state index is 0.667. The van der Waals surface area contributed by atoms with E-state index in [1.807, 2.05) is 4.68 Å². The first-order chi connectivity index (χ1) is 6.38. The van der Waals surface area contributed by atoms with Crippen LogP contribution in [0.2, 0.25) is 0 Å². The van der Waals surface area contributed by atoms with Crippen LogP contribution >= 0.6 is 0 Å². The SMILES string of the molecule is [CH2]Cc1nnnn1CCCCCC. The highest BCUT2D eigenvalue weighted by Gasteiger charge is 2.01. The maximum absolute atomic E-state index is 3.90. The molecule has 0 bridgehead atoms. The quantitative estimate of drug-likeness (QED) is 0.626. The number of hydrogen-bond donors (Lipinski definition) is 0. The lowest BCUT2D eigenvalue weighted by molar-refractivity contribution is 0.515. The van der Waals surface area contributed by atoms with Crippen molar-refractivity contribution in [1.82, 2.24) is 20.2 Å². The van der Waals surface area contributed by atoms with Gasteiger partial charge < -0.3 is 0 Å². The van der Waals surface area contributed by atoms with Gasteiger partial charge in [0.1, 0.15) is 0 Å². The van der Waals surface area contributed by atoms with E-state index >= 15 is 0 Å². The van der Waals surface area contributed by atoms with Crippen LogP contribution in [0.4, 0.5) is 0 Å². The number of tetrazole rings is 1. The van der Waals surface area contributed by atoms with Crippen molar-refractivity contribution in [2.45, 2.75) is 45.6 Å². The summed E-state index contributed by atoms with van der Waals surface area (Å²) in [5, 5.41) is 11.4. The Morgan fingerprint density at radius 1 is 1.31 bits per heavy atom. The van der Waals surface area contributed by atoms with Crippen LogP contribution in [0, 0.1) is 6.92 Å². The largest absolute Gasteiger partial charge is 0.230 e. The van der Waals surface area contributed by atoms with Gasteiger partial charge in [-0.1, -0.05) is 26.2 Å². The third kappa shape index (κ3) is 3.13. The van der Waals surface area contributed by atoms with Crippen LogP contribution in [0.15, 0.2) is 0 Å². The van der Waals surface area contributed by atoms with Gasteiger partial charge in [0.2, 0.25) is 0 Å². The highest BCUT2D eigenvalue weighted by atomic mass is 15.5. The number of nitrogens with zero attached hydrogens (tertiary/aromatic N) is 4. The Morgan fingerprint density at radius 3 is 2.85 bits per heavy atom. The van der Waals surface area contributed by atoms with Crippen molar-refractivity contribution in [2.75, 3.05) is 0 Å². The van der Waals surface area contributed by atoms with E-state index in [0.29, 0.717) is 6.42 Å². The molecule has 0 spiro atoms. The van der Waals surface area contributed by atoms with Gasteiger partial charge in [0, 0.05) is 13.0 Å². The average molecular weight is 181 g/mol. The Hall–Kier alpha value is -0.930. The molecule has 1 radical (unpaired) electrons. The van der Waals surface area contributed by atoms with Crippen molar-refractivity contribution in [2.24, 2.45) is 0 Å². The van der Waals surface area contributed by atoms with Crippen LogP contribution in [0.1, 0.15) is 38.4 Å². The number of unbranched alkanes of at least 4 members (excludes halogenated alkanes) is 3. The summed E-state index contributed by atoms with van der Waals surface area (Å²) >= 11 is 0. The van der Waals surface area contributed by atoms with E-state index in [1.54, 1.807) is 0 Å². The zero-order valence-electron chi connectivity index (χ0n) is 8.24. The molecule has 13 heavy (non-hydrogen) atoms. The normalized spacial score (nSPS) is 10.6. The molecule has 1 heterocycles. The molecular formula is C9H17N4. The average Bonchev–Trinajstić information content (AvgIpc) is 2.60. The summed E-state index contributed by atoms with van der Waals surface area (Å²) in [4.78, 5) is 0. The van der Waals surface area contributed by atoms with E-state index in [2.05, 4.69) is 29.4 Å². The number of aryl methyl sites for hydroxylation is 1. The van der Waals surface area contributed by atoms with Gasteiger partial charge >= 0.3 is 0 Å². The Bertz CT molecular complexity index is 231. The Kier molecular flexibility index (Phi) is 4.43. The van der Waals surface area contributed by atoms with E-state index in [0.717, 1.165) is 18.8 Å². The Morgan fingerprint density at radius 2 is 2.15 bits per heavy atom. The van der Waals surface area contributed by atoms with Crippen LogP contribution in [0.5, 0.6) is 0 Å². The number of aromatic nitrogens is 4. The standard InChI is InChI=1S/C9H17N4/c1-3-5-6-7-8-13-9(4-2)10-11-12-13/h2-8H2,1H3. The molecule has 73 valence electrons. The Balaban J connectivity index is 2.27. The van der Waals surface area contributed by atoms with Gasteiger partial charge in [0.25, 0.3) is 0 Å². The molecule has 0 N–H and O–H groups in total. The second-order valence-corrected chi connectivity index (χ2v) is 3.13. The first-order valence-corrected chi connectivity index (χ1v) is 4.92. The highest BCUT2D eigenvalue weighted by Crippen LogP contribution is 2.02. The third-order valence-electron chi connectivity index (χ3n) is 2.05. The fourth-order valence-corrected chi connectivity index (χ4v) is 1.26. The van der Waals surface area contributed by atoms with Gasteiger partial charge in [-0.05, 0) is 23.8 Å². The maximum atomic E-state index is 3.90. The summed E-state index contributed by atoms with van der Waals surface area (Å²) in [6.45, 7) is 6.91. The lowest BCUT2D eigenvalue weighted by Crippen LogP contribution is -2.05. The zero-order valence-corrected chi connectivity index (χ0v) is 8.24. The molecule has 4 nitrogen and oxygen atoms in total. The summed E-state index contributed by atoms with van der Waals surface area (Å²) < 4.78 is 1.85. The van der Waals surface area contributed by atoms with Gasteiger partial charge in [-0.2, -0.15) is 0 Å². The van der Waals surface area contributed by atoms with Crippen LogP contribution in [-0.4, -0.2) is 20.2 Å². The molecule has 0 aliphatic heterocycles. The predicted molar refractivity (Wildman–Crippen MR) is 51.0 cm³/mol. The fraction of sp³-hybridized carbons (Fsp3) is 0.778. The van der Waals surface area contributed by atoms with Crippen LogP contribution < -0.4 is 0 Å².